The fraction of sp³-hybridized carbons (Fsp3) is 0.188. The number of hydrogen-bond acceptors (Lipinski definition) is 7. The SMILES string of the molecule is Cc1csc(NC(=O)COC(=O)c2ccc(Cn3cncn3)cc2)n1. The van der Waals surface area contributed by atoms with Crippen molar-refractivity contribution < 1.29 is 14.3 Å². The highest BCUT2D eigenvalue weighted by atomic mass is 32.1. The number of ether oxygens (including phenoxy) is 1. The molecule has 8 nitrogen and oxygen atoms in total. The summed E-state index contributed by atoms with van der Waals surface area (Å²) in [4.78, 5) is 31.7. The van der Waals surface area contributed by atoms with Crippen molar-refractivity contribution in [2.45, 2.75) is 13.5 Å². The first kappa shape index (κ1) is 16.8. The largest absolute Gasteiger partial charge is 0.452 e. The maximum atomic E-state index is 12.0. The summed E-state index contributed by atoms with van der Waals surface area (Å²) in [6.45, 7) is 2.03. The maximum Gasteiger partial charge on any atom is 0.338 e. The van der Waals surface area contributed by atoms with Crippen LogP contribution in [-0.4, -0.2) is 38.2 Å². The van der Waals surface area contributed by atoms with Crippen molar-refractivity contribution in [3.8, 4) is 0 Å². The van der Waals surface area contributed by atoms with Gasteiger partial charge in [0, 0.05) is 5.38 Å². The van der Waals surface area contributed by atoms with Gasteiger partial charge >= 0.3 is 5.97 Å². The number of carbonyl (C=O) groups excluding carboxylic acids is 2. The van der Waals surface area contributed by atoms with Gasteiger partial charge in [-0.1, -0.05) is 12.1 Å². The quantitative estimate of drug-likeness (QED) is 0.676. The Hall–Kier alpha value is -3.07. The van der Waals surface area contributed by atoms with Crippen LogP contribution >= 0.6 is 11.3 Å². The predicted octanol–water partition coefficient (Wildman–Crippen LogP) is 1.89. The van der Waals surface area contributed by atoms with E-state index in [0.29, 0.717) is 17.2 Å². The number of nitrogens with zero attached hydrogens (tertiary/aromatic N) is 4. The minimum atomic E-state index is -0.558. The molecule has 0 fully saturated rings. The number of aromatic nitrogens is 4. The van der Waals surface area contributed by atoms with Crippen molar-refractivity contribution in [3.63, 3.8) is 0 Å². The lowest BCUT2D eigenvalue weighted by Gasteiger charge is -2.06. The second kappa shape index (κ2) is 7.67. The fourth-order valence-electron chi connectivity index (χ4n) is 2.03. The first-order chi connectivity index (χ1) is 12.1. The molecule has 0 spiro atoms. The summed E-state index contributed by atoms with van der Waals surface area (Å²) in [5.41, 5.74) is 2.17. The van der Waals surface area contributed by atoms with Crippen molar-refractivity contribution in [1.82, 2.24) is 19.7 Å². The number of hydrogen-bond donors (Lipinski definition) is 1. The third kappa shape index (κ3) is 4.70. The normalized spacial score (nSPS) is 10.4. The standard InChI is InChI=1S/C16H15N5O3S/c1-11-8-25-16(19-11)20-14(22)7-24-15(23)13-4-2-12(3-5-13)6-21-10-17-9-18-21/h2-5,8-10H,6-7H2,1H3,(H,19,20,22). The van der Waals surface area contributed by atoms with E-state index in [1.165, 1.54) is 17.7 Å². The van der Waals surface area contributed by atoms with E-state index in [1.807, 2.05) is 12.3 Å². The van der Waals surface area contributed by atoms with Crippen LogP contribution in [0, 0.1) is 6.92 Å². The molecule has 0 saturated carbocycles. The number of carbonyl (C=O) groups is 2. The second-order valence-corrected chi connectivity index (χ2v) is 6.07. The van der Waals surface area contributed by atoms with Crippen LogP contribution in [0.3, 0.4) is 0 Å². The summed E-state index contributed by atoms with van der Waals surface area (Å²) in [5.74, 6) is -0.983. The Morgan fingerprint density at radius 2 is 2.08 bits per heavy atom. The third-order valence-electron chi connectivity index (χ3n) is 3.20. The molecular weight excluding hydrogens is 342 g/mol. The van der Waals surface area contributed by atoms with E-state index in [-0.39, 0.29) is 6.61 Å². The Morgan fingerprint density at radius 3 is 2.72 bits per heavy atom. The van der Waals surface area contributed by atoms with Gasteiger partial charge in [0.2, 0.25) is 0 Å². The molecule has 3 rings (SSSR count). The van der Waals surface area contributed by atoms with Gasteiger partial charge in [0.05, 0.1) is 17.8 Å². The molecule has 25 heavy (non-hydrogen) atoms. The Morgan fingerprint density at radius 1 is 1.28 bits per heavy atom. The zero-order valence-corrected chi connectivity index (χ0v) is 14.2. The van der Waals surface area contributed by atoms with Crippen LogP contribution in [0.4, 0.5) is 5.13 Å². The number of thiazole rings is 1. The summed E-state index contributed by atoms with van der Waals surface area (Å²) >= 11 is 1.32. The van der Waals surface area contributed by atoms with E-state index in [0.717, 1.165) is 11.3 Å². The number of anilines is 1. The van der Waals surface area contributed by atoms with Gasteiger partial charge in [-0.15, -0.1) is 11.3 Å². The number of aryl methyl sites for hydroxylation is 1. The molecule has 1 N–H and O–H groups in total. The van der Waals surface area contributed by atoms with Crippen LogP contribution in [0.15, 0.2) is 42.3 Å². The van der Waals surface area contributed by atoms with Crippen molar-refractivity contribution in [2.75, 3.05) is 11.9 Å². The molecule has 3 aromatic rings. The molecule has 0 atom stereocenters. The average molecular weight is 357 g/mol. The van der Waals surface area contributed by atoms with Crippen LogP contribution in [0.2, 0.25) is 0 Å². The van der Waals surface area contributed by atoms with Gasteiger partial charge in [-0.25, -0.2) is 19.4 Å². The van der Waals surface area contributed by atoms with E-state index in [9.17, 15) is 9.59 Å². The Bertz CT molecular complexity index is 858. The summed E-state index contributed by atoms with van der Waals surface area (Å²) in [6.07, 6.45) is 3.08. The van der Waals surface area contributed by atoms with Gasteiger partial charge < -0.3 is 4.74 Å². The highest BCUT2D eigenvalue weighted by Gasteiger charge is 2.11. The molecule has 0 bridgehead atoms. The Balaban J connectivity index is 1.50. The summed E-state index contributed by atoms with van der Waals surface area (Å²) in [6, 6.07) is 6.90. The molecule has 0 saturated heterocycles. The topological polar surface area (TPSA) is 99.0 Å². The van der Waals surface area contributed by atoms with Gasteiger partial charge in [-0.3, -0.25) is 10.1 Å². The van der Waals surface area contributed by atoms with E-state index in [1.54, 1.807) is 35.3 Å². The molecule has 128 valence electrons. The molecule has 0 aliphatic heterocycles. The zero-order valence-electron chi connectivity index (χ0n) is 13.4. The molecule has 0 unspecified atom stereocenters. The lowest BCUT2D eigenvalue weighted by atomic mass is 10.1. The van der Waals surface area contributed by atoms with Crippen molar-refractivity contribution in [2.24, 2.45) is 0 Å². The van der Waals surface area contributed by atoms with Gasteiger partial charge in [0.1, 0.15) is 12.7 Å². The Labute approximate surface area is 147 Å². The van der Waals surface area contributed by atoms with E-state index < -0.39 is 11.9 Å². The number of rotatable bonds is 6. The van der Waals surface area contributed by atoms with Crippen molar-refractivity contribution >= 4 is 28.3 Å². The molecular formula is C16H15N5O3S. The monoisotopic (exact) mass is 357 g/mol. The highest BCUT2D eigenvalue weighted by molar-refractivity contribution is 7.13. The first-order valence-corrected chi connectivity index (χ1v) is 8.28. The van der Waals surface area contributed by atoms with E-state index in [4.69, 9.17) is 4.74 Å². The molecule has 0 aliphatic carbocycles. The van der Waals surface area contributed by atoms with Crippen LogP contribution < -0.4 is 5.32 Å². The van der Waals surface area contributed by atoms with Gasteiger partial charge in [0.25, 0.3) is 5.91 Å². The summed E-state index contributed by atoms with van der Waals surface area (Å²) in [5, 5.41) is 8.90. The molecule has 1 amide bonds. The summed E-state index contributed by atoms with van der Waals surface area (Å²) < 4.78 is 6.69. The fourth-order valence-corrected chi connectivity index (χ4v) is 2.73. The minimum Gasteiger partial charge on any atom is -0.452 e. The van der Waals surface area contributed by atoms with Crippen LogP contribution in [0.1, 0.15) is 21.6 Å². The molecule has 2 aromatic heterocycles. The van der Waals surface area contributed by atoms with Crippen LogP contribution in [-0.2, 0) is 16.1 Å². The Kier molecular flexibility index (Phi) is 5.14. The summed E-state index contributed by atoms with van der Waals surface area (Å²) in [7, 11) is 0. The predicted molar refractivity (Wildman–Crippen MR) is 91.3 cm³/mol. The molecule has 9 heteroatoms. The van der Waals surface area contributed by atoms with Crippen LogP contribution in [0.25, 0.3) is 0 Å². The number of benzene rings is 1. The molecule has 2 heterocycles. The third-order valence-corrected chi connectivity index (χ3v) is 4.08. The van der Waals surface area contributed by atoms with Gasteiger partial charge in [-0.2, -0.15) is 5.10 Å². The highest BCUT2D eigenvalue weighted by Crippen LogP contribution is 2.14. The molecule has 0 aliphatic rings. The van der Waals surface area contributed by atoms with Crippen LogP contribution in [0.5, 0.6) is 0 Å². The number of nitrogens with one attached hydrogen (secondary N) is 1. The first-order valence-electron chi connectivity index (χ1n) is 7.40. The zero-order chi connectivity index (χ0) is 17.6. The lowest BCUT2D eigenvalue weighted by molar-refractivity contribution is -0.119. The number of esters is 1. The van der Waals surface area contributed by atoms with Gasteiger partial charge in [0.15, 0.2) is 11.7 Å². The molecule has 1 aromatic carbocycles. The average Bonchev–Trinajstić information content (AvgIpc) is 3.25. The molecule has 0 radical (unpaired) electrons. The van der Waals surface area contributed by atoms with Gasteiger partial charge in [-0.05, 0) is 24.6 Å². The van der Waals surface area contributed by atoms with Crippen molar-refractivity contribution in [3.05, 3.63) is 59.1 Å². The lowest BCUT2D eigenvalue weighted by Crippen LogP contribution is -2.20. The minimum absolute atomic E-state index is 0.363. The second-order valence-electron chi connectivity index (χ2n) is 5.21. The maximum absolute atomic E-state index is 12.0. The smallest absolute Gasteiger partial charge is 0.338 e. The van der Waals surface area contributed by atoms with E-state index >= 15 is 0 Å². The van der Waals surface area contributed by atoms with E-state index in [2.05, 4.69) is 20.4 Å². The van der Waals surface area contributed by atoms with Crippen molar-refractivity contribution in [1.29, 1.82) is 0 Å². The number of amides is 1.